The lowest BCUT2D eigenvalue weighted by Gasteiger charge is -2.21. The number of halogens is 2. The Kier molecular flexibility index (Phi) is 6.00. The second-order valence-electron chi connectivity index (χ2n) is 7.52. The monoisotopic (exact) mass is 389 g/mol. The fourth-order valence-corrected chi connectivity index (χ4v) is 3.34. The van der Waals surface area contributed by atoms with Gasteiger partial charge >= 0.3 is 0 Å². The van der Waals surface area contributed by atoms with Crippen LogP contribution < -0.4 is 0 Å². The molecule has 0 aliphatic heterocycles. The smallest absolute Gasteiger partial charge is 0.247 e. The van der Waals surface area contributed by atoms with E-state index in [9.17, 15) is 9.18 Å². The van der Waals surface area contributed by atoms with Crippen LogP contribution in [0.5, 0.6) is 0 Å². The standard InChI is InChI=1S/C21H25ClFN3O/c1-14(2)12-26-21(22)19(15(3)24-26)10-11-20(27)25(18-8-9-18)13-16-4-6-17(23)7-5-16/h4-7,10-11,14,18H,8-9,12-13H2,1-3H3/b11-10+. The molecule has 6 heteroatoms. The van der Waals surface area contributed by atoms with Crippen LogP contribution in [0.4, 0.5) is 4.39 Å². The Hall–Kier alpha value is -2.14. The van der Waals surface area contributed by atoms with Crippen molar-refractivity contribution in [2.75, 3.05) is 0 Å². The Balaban J connectivity index is 1.74. The number of hydrogen-bond acceptors (Lipinski definition) is 2. The van der Waals surface area contributed by atoms with Gasteiger partial charge in [0.05, 0.1) is 5.69 Å². The summed E-state index contributed by atoms with van der Waals surface area (Å²) in [5.41, 5.74) is 2.51. The molecule has 27 heavy (non-hydrogen) atoms. The fraction of sp³-hybridized carbons (Fsp3) is 0.429. The lowest BCUT2D eigenvalue weighted by atomic mass is 10.2. The summed E-state index contributed by atoms with van der Waals surface area (Å²) in [4.78, 5) is 14.6. The number of hydrogen-bond donors (Lipinski definition) is 0. The number of rotatable bonds is 7. The van der Waals surface area contributed by atoms with Gasteiger partial charge in [0, 0.05) is 30.8 Å². The Bertz CT molecular complexity index is 838. The van der Waals surface area contributed by atoms with Crippen LogP contribution in [0.15, 0.2) is 30.3 Å². The van der Waals surface area contributed by atoms with Crippen LogP contribution in [0.25, 0.3) is 6.08 Å². The summed E-state index contributed by atoms with van der Waals surface area (Å²) in [6, 6.07) is 6.55. The minimum Gasteiger partial charge on any atom is -0.332 e. The van der Waals surface area contributed by atoms with Gasteiger partial charge in [0.1, 0.15) is 11.0 Å². The molecule has 1 aliphatic carbocycles. The fourth-order valence-electron chi connectivity index (χ4n) is 3.03. The van der Waals surface area contributed by atoms with Crippen LogP contribution in [-0.2, 0) is 17.9 Å². The molecule has 1 aromatic carbocycles. The summed E-state index contributed by atoms with van der Waals surface area (Å²) < 4.78 is 14.9. The summed E-state index contributed by atoms with van der Waals surface area (Å²) in [5, 5.41) is 5.03. The average Bonchev–Trinajstić information content (AvgIpc) is 3.41. The Labute approximate surface area is 164 Å². The molecule has 0 unspecified atom stereocenters. The largest absolute Gasteiger partial charge is 0.332 e. The summed E-state index contributed by atoms with van der Waals surface area (Å²) in [6.45, 7) is 7.32. The summed E-state index contributed by atoms with van der Waals surface area (Å²) in [5.74, 6) is 0.0988. The van der Waals surface area contributed by atoms with Crippen molar-refractivity contribution in [2.24, 2.45) is 5.92 Å². The van der Waals surface area contributed by atoms with Crippen LogP contribution in [-0.4, -0.2) is 26.6 Å². The van der Waals surface area contributed by atoms with Gasteiger partial charge in [-0.2, -0.15) is 5.10 Å². The number of benzene rings is 1. The van der Waals surface area contributed by atoms with Gasteiger partial charge < -0.3 is 4.90 Å². The lowest BCUT2D eigenvalue weighted by molar-refractivity contribution is -0.127. The first kappa shape index (κ1) is 19.6. The molecule has 0 N–H and O–H groups in total. The summed E-state index contributed by atoms with van der Waals surface area (Å²) >= 11 is 6.45. The normalized spacial score (nSPS) is 14.3. The number of amides is 1. The van der Waals surface area contributed by atoms with Crippen LogP contribution in [0.2, 0.25) is 5.15 Å². The number of nitrogens with zero attached hydrogens (tertiary/aromatic N) is 3. The second-order valence-corrected chi connectivity index (χ2v) is 7.88. The first-order valence-electron chi connectivity index (χ1n) is 9.31. The molecule has 0 atom stereocenters. The molecule has 2 aromatic rings. The minimum atomic E-state index is -0.272. The van der Waals surface area contributed by atoms with E-state index in [4.69, 9.17) is 11.6 Å². The summed E-state index contributed by atoms with van der Waals surface area (Å²) in [7, 11) is 0. The molecule has 0 bridgehead atoms. The first-order valence-corrected chi connectivity index (χ1v) is 9.69. The Morgan fingerprint density at radius 2 is 2.04 bits per heavy atom. The van der Waals surface area contributed by atoms with Crippen LogP contribution in [0.1, 0.15) is 43.5 Å². The molecule has 144 valence electrons. The van der Waals surface area contributed by atoms with E-state index in [-0.39, 0.29) is 17.8 Å². The van der Waals surface area contributed by atoms with Crippen molar-refractivity contribution in [3.8, 4) is 0 Å². The van der Waals surface area contributed by atoms with E-state index in [0.29, 0.717) is 17.6 Å². The molecule has 1 aromatic heterocycles. The molecular weight excluding hydrogens is 365 g/mol. The molecule has 1 amide bonds. The van der Waals surface area contributed by atoms with Crippen molar-refractivity contribution in [3.05, 3.63) is 58.1 Å². The molecule has 4 nitrogen and oxygen atoms in total. The SMILES string of the molecule is Cc1nn(CC(C)C)c(Cl)c1/C=C/C(=O)N(Cc1ccc(F)cc1)C1CC1. The molecule has 1 saturated carbocycles. The van der Waals surface area contributed by atoms with E-state index in [1.165, 1.54) is 12.1 Å². The van der Waals surface area contributed by atoms with E-state index in [1.54, 1.807) is 29.0 Å². The number of carbonyl (C=O) groups is 1. The average molecular weight is 390 g/mol. The van der Waals surface area contributed by atoms with Crippen molar-refractivity contribution < 1.29 is 9.18 Å². The highest BCUT2D eigenvalue weighted by atomic mass is 35.5. The van der Waals surface area contributed by atoms with E-state index in [0.717, 1.165) is 36.2 Å². The molecule has 1 fully saturated rings. The van der Waals surface area contributed by atoms with E-state index < -0.39 is 0 Å². The zero-order valence-electron chi connectivity index (χ0n) is 16.0. The molecule has 3 rings (SSSR count). The molecular formula is C21H25ClFN3O. The first-order chi connectivity index (χ1) is 12.8. The molecule has 1 heterocycles. The quantitative estimate of drug-likeness (QED) is 0.635. The van der Waals surface area contributed by atoms with Crippen molar-refractivity contribution in [1.29, 1.82) is 0 Å². The Morgan fingerprint density at radius 1 is 1.37 bits per heavy atom. The van der Waals surface area contributed by atoms with Gasteiger partial charge in [-0.3, -0.25) is 9.48 Å². The molecule has 0 saturated heterocycles. The van der Waals surface area contributed by atoms with Gasteiger partial charge in [-0.25, -0.2) is 4.39 Å². The molecule has 1 aliphatic rings. The van der Waals surface area contributed by atoms with Crippen molar-refractivity contribution in [2.45, 2.75) is 52.7 Å². The van der Waals surface area contributed by atoms with Crippen LogP contribution >= 0.6 is 11.6 Å². The van der Waals surface area contributed by atoms with Gasteiger partial charge in [0.15, 0.2) is 0 Å². The zero-order valence-corrected chi connectivity index (χ0v) is 16.7. The topological polar surface area (TPSA) is 38.1 Å². The van der Waals surface area contributed by atoms with Gasteiger partial charge in [0.25, 0.3) is 0 Å². The summed E-state index contributed by atoms with van der Waals surface area (Å²) in [6.07, 6.45) is 5.33. The highest BCUT2D eigenvalue weighted by Gasteiger charge is 2.31. The highest BCUT2D eigenvalue weighted by molar-refractivity contribution is 6.31. The van der Waals surface area contributed by atoms with Gasteiger partial charge in [0.2, 0.25) is 5.91 Å². The van der Waals surface area contributed by atoms with Crippen molar-refractivity contribution in [1.82, 2.24) is 14.7 Å². The maximum atomic E-state index is 13.1. The highest BCUT2D eigenvalue weighted by Crippen LogP contribution is 2.29. The zero-order chi connectivity index (χ0) is 19.6. The minimum absolute atomic E-state index is 0.0612. The van der Waals surface area contributed by atoms with Gasteiger partial charge in [-0.15, -0.1) is 0 Å². The van der Waals surface area contributed by atoms with Crippen molar-refractivity contribution >= 4 is 23.6 Å². The predicted octanol–water partition coefficient (Wildman–Crippen LogP) is 4.84. The third-order valence-electron chi connectivity index (χ3n) is 4.58. The Morgan fingerprint density at radius 3 is 2.63 bits per heavy atom. The van der Waals surface area contributed by atoms with Crippen molar-refractivity contribution in [3.63, 3.8) is 0 Å². The van der Waals surface area contributed by atoms with Crippen LogP contribution in [0, 0.1) is 18.7 Å². The number of aryl methyl sites for hydroxylation is 1. The second kappa shape index (κ2) is 8.26. The molecule has 0 radical (unpaired) electrons. The number of aromatic nitrogens is 2. The van der Waals surface area contributed by atoms with Gasteiger partial charge in [-0.05, 0) is 49.5 Å². The maximum absolute atomic E-state index is 13.1. The number of carbonyl (C=O) groups excluding carboxylic acids is 1. The maximum Gasteiger partial charge on any atom is 0.247 e. The molecule has 0 spiro atoms. The third-order valence-corrected chi connectivity index (χ3v) is 4.98. The predicted molar refractivity (Wildman–Crippen MR) is 106 cm³/mol. The van der Waals surface area contributed by atoms with E-state index >= 15 is 0 Å². The van der Waals surface area contributed by atoms with Gasteiger partial charge in [-0.1, -0.05) is 37.6 Å². The lowest BCUT2D eigenvalue weighted by Crippen LogP contribution is -2.31. The van der Waals surface area contributed by atoms with E-state index in [2.05, 4.69) is 18.9 Å². The van der Waals surface area contributed by atoms with Crippen LogP contribution in [0.3, 0.4) is 0 Å². The third kappa shape index (κ3) is 4.98. The van der Waals surface area contributed by atoms with E-state index in [1.807, 2.05) is 11.8 Å².